The highest BCUT2D eigenvalue weighted by Gasteiger charge is 2.29. The zero-order valence-corrected chi connectivity index (χ0v) is 26.3. The van der Waals surface area contributed by atoms with Crippen molar-refractivity contribution in [2.75, 3.05) is 38.8 Å². The zero-order valence-electron chi connectivity index (χ0n) is 24.6. The number of nitrogen functional groups attached to an aromatic ring is 1. The third-order valence-electron chi connectivity index (χ3n) is 5.58. The fourth-order valence-corrected chi connectivity index (χ4v) is 6.02. The van der Waals surface area contributed by atoms with Gasteiger partial charge in [0.2, 0.25) is 0 Å². The monoisotopic (exact) mass is 607 g/mol. The minimum atomic E-state index is 0.0178. The van der Waals surface area contributed by atoms with Crippen molar-refractivity contribution in [1.82, 2.24) is 0 Å². The average Bonchev–Trinajstić information content (AvgIpc) is 2.96. The molecular weight excluding hydrogens is 571 g/mol. The fourth-order valence-electron chi connectivity index (χ4n) is 3.79. The predicted octanol–water partition coefficient (Wildman–Crippen LogP) is 7.32. The summed E-state index contributed by atoms with van der Waals surface area (Å²) in [4.78, 5) is 2.86. The molecule has 0 bridgehead atoms. The highest BCUT2D eigenvalue weighted by atomic mass is 32.2. The van der Waals surface area contributed by atoms with Gasteiger partial charge in [-0.1, -0.05) is 41.7 Å². The SMILES string of the molecule is CCOc1cccc(Sc2c(OCCOC(C)C)c(C#N)c(C#N)c(OCCOC(C)C)c2Sc2ccccc2N)c1. The van der Waals surface area contributed by atoms with Gasteiger partial charge in [0.1, 0.15) is 42.2 Å². The first kappa shape index (κ1) is 33.0. The molecule has 0 aromatic heterocycles. The van der Waals surface area contributed by atoms with Crippen molar-refractivity contribution in [3.63, 3.8) is 0 Å². The molecule has 0 radical (unpaired) electrons. The topological polar surface area (TPSA) is 120 Å². The van der Waals surface area contributed by atoms with E-state index in [9.17, 15) is 10.5 Å². The van der Waals surface area contributed by atoms with E-state index in [2.05, 4.69) is 12.1 Å². The van der Waals surface area contributed by atoms with Crippen LogP contribution in [0.3, 0.4) is 0 Å². The Bertz CT molecular complexity index is 1420. The first-order valence-corrected chi connectivity index (χ1v) is 15.4. The Kier molecular flexibility index (Phi) is 13.2. The first-order valence-electron chi connectivity index (χ1n) is 13.7. The standard InChI is InChI=1S/C32H37N3O5S2/c1-6-36-23-10-9-11-24(18-23)41-31-29(39-16-14-37-21(2)3)25(19-33)26(20-34)30(40-17-15-38-22(4)5)32(31)42-28-13-8-7-12-27(28)35/h7-13,18,21-22H,6,14-17,35H2,1-5H3. The lowest BCUT2D eigenvalue weighted by atomic mass is 10.1. The number of nitrogens with two attached hydrogens (primary N) is 1. The van der Waals surface area contributed by atoms with Gasteiger partial charge < -0.3 is 29.4 Å². The van der Waals surface area contributed by atoms with E-state index < -0.39 is 0 Å². The molecule has 42 heavy (non-hydrogen) atoms. The Morgan fingerprint density at radius 3 is 1.83 bits per heavy atom. The molecule has 0 aliphatic rings. The second kappa shape index (κ2) is 16.8. The molecule has 0 spiro atoms. The minimum Gasteiger partial charge on any atom is -0.494 e. The maximum Gasteiger partial charge on any atom is 0.153 e. The highest BCUT2D eigenvalue weighted by molar-refractivity contribution is 8.02. The molecule has 0 unspecified atom stereocenters. The second-order valence-corrected chi connectivity index (χ2v) is 11.6. The molecule has 2 N–H and O–H groups in total. The van der Waals surface area contributed by atoms with E-state index in [4.69, 9.17) is 29.4 Å². The Balaban J connectivity index is 2.25. The van der Waals surface area contributed by atoms with Crippen molar-refractivity contribution in [1.29, 1.82) is 10.5 Å². The van der Waals surface area contributed by atoms with Crippen molar-refractivity contribution in [3.05, 3.63) is 59.7 Å². The summed E-state index contributed by atoms with van der Waals surface area (Å²) >= 11 is 2.76. The van der Waals surface area contributed by atoms with Gasteiger partial charge in [0.05, 0.1) is 41.8 Å². The molecule has 8 nitrogen and oxygen atoms in total. The summed E-state index contributed by atoms with van der Waals surface area (Å²) < 4.78 is 29.6. The van der Waals surface area contributed by atoms with E-state index in [1.807, 2.05) is 83.1 Å². The van der Waals surface area contributed by atoms with Crippen LogP contribution >= 0.6 is 23.5 Å². The molecule has 0 amide bonds. The molecule has 0 aliphatic carbocycles. The van der Waals surface area contributed by atoms with Crippen molar-refractivity contribution in [3.8, 4) is 29.4 Å². The number of rotatable bonds is 16. The lowest BCUT2D eigenvalue weighted by Crippen LogP contribution is -2.15. The molecule has 222 valence electrons. The summed E-state index contributed by atoms with van der Waals surface area (Å²) in [5, 5.41) is 20.6. The lowest BCUT2D eigenvalue weighted by Gasteiger charge is -2.22. The van der Waals surface area contributed by atoms with Gasteiger partial charge >= 0.3 is 0 Å². The summed E-state index contributed by atoms with van der Waals surface area (Å²) in [7, 11) is 0. The van der Waals surface area contributed by atoms with Crippen molar-refractivity contribution >= 4 is 29.2 Å². The molecule has 3 aromatic carbocycles. The third kappa shape index (κ3) is 9.23. The summed E-state index contributed by atoms with van der Waals surface area (Å²) in [5.74, 6) is 1.29. The van der Waals surface area contributed by atoms with Gasteiger partial charge in [-0.3, -0.25) is 0 Å². The van der Waals surface area contributed by atoms with E-state index in [0.717, 1.165) is 9.79 Å². The Hall–Kier alpha value is -3.54. The van der Waals surface area contributed by atoms with Crippen LogP contribution in [0.1, 0.15) is 45.7 Å². The summed E-state index contributed by atoms with van der Waals surface area (Å²) in [6, 6.07) is 19.5. The molecule has 0 heterocycles. The van der Waals surface area contributed by atoms with Crippen LogP contribution in [0.4, 0.5) is 5.69 Å². The number of hydrogen-bond acceptors (Lipinski definition) is 10. The van der Waals surface area contributed by atoms with E-state index in [1.165, 1.54) is 23.5 Å². The fraction of sp³-hybridized carbons (Fsp3) is 0.375. The van der Waals surface area contributed by atoms with Crippen LogP contribution < -0.4 is 19.9 Å². The summed E-state index contributed by atoms with van der Waals surface area (Å²) in [6.07, 6.45) is 0.0362. The predicted molar refractivity (Wildman–Crippen MR) is 166 cm³/mol. The van der Waals surface area contributed by atoms with E-state index >= 15 is 0 Å². The van der Waals surface area contributed by atoms with E-state index in [0.29, 0.717) is 41.0 Å². The molecule has 0 fully saturated rings. The van der Waals surface area contributed by atoms with Crippen LogP contribution in [-0.4, -0.2) is 45.2 Å². The number of anilines is 1. The number of nitrogens with zero attached hydrogens (tertiary/aromatic N) is 2. The van der Waals surface area contributed by atoms with Gasteiger partial charge in [0, 0.05) is 15.5 Å². The van der Waals surface area contributed by atoms with Crippen molar-refractivity contribution in [2.45, 2.75) is 66.4 Å². The average molecular weight is 608 g/mol. The van der Waals surface area contributed by atoms with Gasteiger partial charge in [-0.05, 0) is 65.0 Å². The zero-order chi connectivity index (χ0) is 30.5. The van der Waals surface area contributed by atoms with Gasteiger partial charge in [0.15, 0.2) is 11.5 Å². The Morgan fingerprint density at radius 2 is 1.31 bits per heavy atom. The number of ether oxygens (including phenoxy) is 5. The van der Waals surface area contributed by atoms with Gasteiger partial charge in [-0.15, -0.1) is 0 Å². The molecule has 0 saturated carbocycles. The first-order chi connectivity index (χ1) is 20.3. The normalized spacial score (nSPS) is 10.9. The molecule has 0 aliphatic heterocycles. The van der Waals surface area contributed by atoms with Crippen LogP contribution in [0.15, 0.2) is 68.1 Å². The van der Waals surface area contributed by atoms with Crippen LogP contribution in [0.5, 0.6) is 17.2 Å². The van der Waals surface area contributed by atoms with E-state index in [-0.39, 0.29) is 48.0 Å². The largest absolute Gasteiger partial charge is 0.494 e. The molecule has 3 aromatic rings. The van der Waals surface area contributed by atoms with Crippen molar-refractivity contribution < 1.29 is 23.7 Å². The van der Waals surface area contributed by atoms with Crippen LogP contribution in [0.2, 0.25) is 0 Å². The smallest absolute Gasteiger partial charge is 0.153 e. The van der Waals surface area contributed by atoms with Gasteiger partial charge in [-0.25, -0.2) is 0 Å². The Labute approximate surface area is 257 Å². The van der Waals surface area contributed by atoms with Gasteiger partial charge in [0.25, 0.3) is 0 Å². The second-order valence-electron chi connectivity index (χ2n) is 9.48. The summed E-state index contributed by atoms with van der Waals surface area (Å²) in [5.41, 5.74) is 7.10. The van der Waals surface area contributed by atoms with E-state index in [1.54, 1.807) is 0 Å². The Morgan fingerprint density at radius 1 is 0.738 bits per heavy atom. The maximum absolute atomic E-state index is 10.3. The quantitative estimate of drug-likeness (QED) is 0.131. The molecular formula is C32H37N3O5S2. The molecule has 0 atom stereocenters. The highest BCUT2D eigenvalue weighted by Crippen LogP contribution is 2.53. The number of nitriles is 2. The molecule has 3 rings (SSSR count). The van der Waals surface area contributed by atoms with Crippen LogP contribution in [-0.2, 0) is 9.47 Å². The maximum atomic E-state index is 10.3. The molecule has 10 heteroatoms. The van der Waals surface area contributed by atoms with Crippen molar-refractivity contribution in [2.24, 2.45) is 0 Å². The van der Waals surface area contributed by atoms with Crippen LogP contribution in [0, 0.1) is 22.7 Å². The number of para-hydroxylation sites is 1. The third-order valence-corrected chi connectivity index (χ3v) is 7.97. The van der Waals surface area contributed by atoms with Crippen LogP contribution in [0.25, 0.3) is 0 Å². The minimum absolute atomic E-state index is 0.0178. The summed E-state index contributed by atoms with van der Waals surface area (Å²) in [6.45, 7) is 11.2. The molecule has 0 saturated heterocycles. The number of benzene rings is 3. The lowest BCUT2D eigenvalue weighted by molar-refractivity contribution is 0.0531. The van der Waals surface area contributed by atoms with Gasteiger partial charge in [-0.2, -0.15) is 10.5 Å². The number of hydrogen-bond donors (Lipinski definition) is 1.